The largest absolute Gasteiger partial charge is 0.384 e. The molecule has 3 N–H and O–H groups in total. The highest BCUT2D eigenvalue weighted by Crippen LogP contribution is 2.18. The van der Waals surface area contributed by atoms with Crippen LogP contribution < -0.4 is 5.73 Å². The zero-order valence-electron chi connectivity index (χ0n) is 9.84. The summed E-state index contributed by atoms with van der Waals surface area (Å²) < 4.78 is 14.4. The van der Waals surface area contributed by atoms with Crippen molar-refractivity contribution in [2.24, 2.45) is 5.73 Å². The molecule has 0 amide bonds. The molecule has 0 spiro atoms. The zero-order chi connectivity index (χ0) is 13.4. The maximum Gasteiger partial charge on any atom is 0.182 e. The molecule has 0 bridgehead atoms. The van der Waals surface area contributed by atoms with Crippen LogP contribution in [0.3, 0.4) is 0 Å². The molecule has 0 atom stereocenters. The lowest BCUT2D eigenvalue weighted by atomic mass is 10.2. The summed E-state index contributed by atoms with van der Waals surface area (Å²) in [5.41, 5.74) is 7.23. The molecular weight excluding hydrogens is 245 g/mol. The number of hydrogen-bond acceptors (Lipinski definition) is 3. The van der Waals surface area contributed by atoms with Gasteiger partial charge in [-0.1, -0.05) is 0 Å². The van der Waals surface area contributed by atoms with Crippen molar-refractivity contribution in [1.29, 1.82) is 5.41 Å². The molecule has 1 aromatic carbocycles. The van der Waals surface area contributed by atoms with E-state index < -0.39 is 0 Å². The van der Waals surface area contributed by atoms with Gasteiger partial charge < -0.3 is 5.73 Å². The van der Waals surface area contributed by atoms with Crippen LogP contribution in [0.5, 0.6) is 0 Å². The maximum atomic E-state index is 12.9. The number of pyridine rings is 1. The predicted molar refractivity (Wildman–Crippen MR) is 69.4 cm³/mol. The molecule has 5 nitrogen and oxygen atoms in total. The number of aromatic nitrogens is 3. The van der Waals surface area contributed by atoms with Crippen LogP contribution >= 0.6 is 0 Å². The minimum Gasteiger partial charge on any atom is -0.384 e. The molecule has 3 aromatic rings. The van der Waals surface area contributed by atoms with Crippen molar-refractivity contribution in [3.05, 3.63) is 54.0 Å². The van der Waals surface area contributed by atoms with Gasteiger partial charge >= 0.3 is 0 Å². The third-order valence-corrected chi connectivity index (χ3v) is 2.75. The molecule has 0 radical (unpaired) electrons. The fraction of sp³-hybridized carbons (Fsp3) is 0. The summed E-state index contributed by atoms with van der Waals surface area (Å²) in [5.74, 6) is 0.0919. The number of benzene rings is 1. The van der Waals surface area contributed by atoms with Crippen LogP contribution in [-0.2, 0) is 0 Å². The minimum absolute atomic E-state index is 0.0661. The number of rotatable bonds is 2. The van der Waals surface area contributed by atoms with Crippen LogP contribution in [0.15, 0.2) is 42.6 Å². The Hall–Kier alpha value is -2.76. The molecule has 6 heteroatoms. The molecule has 0 saturated carbocycles. The SMILES string of the molecule is N=C(N)c1cccn2nc(-c3ccc(F)cc3)nc12. The molecule has 0 fully saturated rings. The van der Waals surface area contributed by atoms with Crippen LogP contribution in [-0.4, -0.2) is 20.4 Å². The van der Waals surface area contributed by atoms with E-state index in [9.17, 15) is 4.39 Å². The van der Waals surface area contributed by atoms with Crippen molar-refractivity contribution in [3.63, 3.8) is 0 Å². The van der Waals surface area contributed by atoms with E-state index in [0.29, 0.717) is 22.6 Å². The number of nitrogen functional groups attached to an aromatic ring is 1. The molecule has 3 rings (SSSR count). The standard InChI is InChI=1S/C13H10FN5/c14-9-5-3-8(4-6-9)12-17-13-10(11(15)16)2-1-7-19(13)18-12/h1-7H,(H3,15,16). The first-order valence-electron chi connectivity index (χ1n) is 5.61. The Morgan fingerprint density at radius 3 is 2.63 bits per heavy atom. The van der Waals surface area contributed by atoms with Gasteiger partial charge in [0.15, 0.2) is 11.5 Å². The number of nitrogens with two attached hydrogens (primary N) is 1. The van der Waals surface area contributed by atoms with E-state index in [1.165, 1.54) is 12.1 Å². The summed E-state index contributed by atoms with van der Waals surface area (Å²) in [6, 6.07) is 9.38. The number of nitrogens with zero attached hydrogens (tertiary/aromatic N) is 3. The molecule has 94 valence electrons. The summed E-state index contributed by atoms with van der Waals surface area (Å²) in [4.78, 5) is 4.34. The van der Waals surface area contributed by atoms with Gasteiger partial charge in [0.05, 0.1) is 5.56 Å². The topological polar surface area (TPSA) is 80.1 Å². The lowest BCUT2D eigenvalue weighted by molar-refractivity contribution is 0.628. The van der Waals surface area contributed by atoms with Gasteiger partial charge in [-0.05, 0) is 36.4 Å². The quantitative estimate of drug-likeness (QED) is 0.541. The minimum atomic E-state index is -0.308. The number of hydrogen-bond donors (Lipinski definition) is 2. The summed E-state index contributed by atoms with van der Waals surface area (Å²) in [5, 5.41) is 11.8. The van der Waals surface area contributed by atoms with Gasteiger partial charge in [0.25, 0.3) is 0 Å². The van der Waals surface area contributed by atoms with Crippen molar-refractivity contribution in [2.75, 3.05) is 0 Å². The van der Waals surface area contributed by atoms with Crippen LogP contribution in [0.4, 0.5) is 4.39 Å². The second-order valence-electron chi connectivity index (χ2n) is 4.05. The number of fused-ring (bicyclic) bond motifs is 1. The van der Waals surface area contributed by atoms with Gasteiger partial charge in [0.1, 0.15) is 11.7 Å². The molecule has 0 aliphatic carbocycles. The molecule has 19 heavy (non-hydrogen) atoms. The number of halogens is 1. The third-order valence-electron chi connectivity index (χ3n) is 2.75. The van der Waals surface area contributed by atoms with Crippen molar-refractivity contribution >= 4 is 11.5 Å². The van der Waals surface area contributed by atoms with Gasteiger partial charge in [-0.3, -0.25) is 5.41 Å². The molecule has 0 saturated heterocycles. The van der Waals surface area contributed by atoms with E-state index in [0.717, 1.165) is 0 Å². The Kier molecular flexibility index (Phi) is 2.49. The highest BCUT2D eigenvalue weighted by atomic mass is 19.1. The number of nitrogens with one attached hydrogen (secondary N) is 1. The monoisotopic (exact) mass is 255 g/mol. The van der Waals surface area contributed by atoms with E-state index in [1.807, 2.05) is 0 Å². The number of amidine groups is 1. The normalized spacial score (nSPS) is 10.8. The Morgan fingerprint density at radius 2 is 1.95 bits per heavy atom. The van der Waals surface area contributed by atoms with Crippen molar-refractivity contribution in [1.82, 2.24) is 14.6 Å². The van der Waals surface area contributed by atoms with Gasteiger partial charge in [-0.25, -0.2) is 13.9 Å². The van der Waals surface area contributed by atoms with Crippen LogP contribution in [0.1, 0.15) is 5.56 Å². The molecule has 2 aromatic heterocycles. The third kappa shape index (κ3) is 1.93. The first-order valence-corrected chi connectivity index (χ1v) is 5.61. The molecule has 0 aliphatic heterocycles. The molecule has 2 heterocycles. The van der Waals surface area contributed by atoms with Gasteiger partial charge in [-0.15, -0.1) is 5.10 Å². The Bertz CT molecular complexity index is 760. The lowest BCUT2D eigenvalue weighted by Crippen LogP contribution is -2.12. The Balaban J connectivity index is 2.19. The smallest absolute Gasteiger partial charge is 0.182 e. The Morgan fingerprint density at radius 1 is 1.21 bits per heavy atom. The average molecular weight is 255 g/mol. The average Bonchev–Trinajstić information content (AvgIpc) is 2.82. The maximum absolute atomic E-state index is 12.9. The van der Waals surface area contributed by atoms with Crippen LogP contribution in [0, 0.1) is 11.2 Å². The van der Waals surface area contributed by atoms with E-state index in [2.05, 4.69) is 10.1 Å². The molecule has 0 unspecified atom stereocenters. The van der Waals surface area contributed by atoms with E-state index in [4.69, 9.17) is 11.1 Å². The lowest BCUT2D eigenvalue weighted by Gasteiger charge is -1.98. The summed E-state index contributed by atoms with van der Waals surface area (Å²) in [7, 11) is 0. The van der Waals surface area contributed by atoms with Crippen molar-refractivity contribution in [3.8, 4) is 11.4 Å². The highest BCUT2D eigenvalue weighted by Gasteiger charge is 2.11. The van der Waals surface area contributed by atoms with E-state index in [-0.39, 0.29) is 11.7 Å². The summed E-state index contributed by atoms with van der Waals surface area (Å²) in [6.45, 7) is 0. The fourth-order valence-corrected chi connectivity index (χ4v) is 1.84. The van der Waals surface area contributed by atoms with Gasteiger partial charge in [-0.2, -0.15) is 0 Å². The second-order valence-corrected chi connectivity index (χ2v) is 4.05. The fourth-order valence-electron chi connectivity index (χ4n) is 1.84. The first-order chi connectivity index (χ1) is 9.15. The Labute approximate surface area is 108 Å². The summed E-state index contributed by atoms with van der Waals surface area (Å²) >= 11 is 0. The van der Waals surface area contributed by atoms with Crippen LogP contribution in [0.25, 0.3) is 17.0 Å². The second kappa shape index (κ2) is 4.16. The van der Waals surface area contributed by atoms with Gasteiger partial charge in [0, 0.05) is 11.8 Å². The first kappa shape index (κ1) is 11.3. The van der Waals surface area contributed by atoms with Crippen molar-refractivity contribution in [2.45, 2.75) is 0 Å². The van der Waals surface area contributed by atoms with E-state index >= 15 is 0 Å². The van der Waals surface area contributed by atoms with Crippen LogP contribution in [0.2, 0.25) is 0 Å². The zero-order valence-corrected chi connectivity index (χ0v) is 9.84. The molecular formula is C13H10FN5. The highest BCUT2D eigenvalue weighted by molar-refractivity contribution is 6.00. The predicted octanol–water partition coefficient (Wildman–Crippen LogP) is 1.82. The summed E-state index contributed by atoms with van der Waals surface area (Å²) in [6.07, 6.45) is 1.72. The van der Waals surface area contributed by atoms with E-state index in [1.54, 1.807) is 35.0 Å². The van der Waals surface area contributed by atoms with Gasteiger partial charge in [0.2, 0.25) is 0 Å². The van der Waals surface area contributed by atoms with Crippen molar-refractivity contribution < 1.29 is 4.39 Å². The molecule has 0 aliphatic rings.